The highest BCUT2D eigenvalue weighted by molar-refractivity contribution is 6.37. The predicted molar refractivity (Wildman–Crippen MR) is 94.0 cm³/mol. The van der Waals surface area contributed by atoms with Crippen LogP contribution in [-0.4, -0.2) is 13.1 Å². The van der Waals surface area contributed by atoms with Crippen molar-refractivity contribution in [2.75, 3.05) is 7.11 Å². The van der Waals surface area contributed by atoms with Crippen molar-refractivity contribution in [2.45, 2.75) is 6.18 Å². The molecule has 0 aliphatic rings. The van der Waals surface area contributed by atoms with Crippen LogP contribution in [0.1, 0.15) is 11.1 Å². The molecule has 138 valence electrons. The molecule has 0 aromatic heterocycles. The molecule has 0 unspecified atom stereocenters. The largest absolute Gasteiger partial charge is 0.466 e. The Morgan fingerprint density at radius 1 is 1.04 bits per heavy atom. The summed E-state index contributed by atoms with van der Waals surface area (Å²) >= 11 is 17.8. The molecule has 0 aliphatic carbocycles. The Morgan fingerprint density at radius 3 is 2.19 bits per heavy atom. The number of rotatable bonds is 4. The van der Waals surface area contributed by atoms with Gasteiger partial charge in [-0.15, -0.1) is 0 Å². The van der Waals surface area contributed by atoms with Gasteiger partial charge in [0, 0.05) is 11.1 Å². The first-order chi connectivity index (χ1) is 12.1. The van der Waals surface area contributed by atoms with E-state index in [2.05, 4.69) is 4.74 Å². The van der Waals surface area contributed by atoms with Gasteiger partial charge in [0.15, 0.2) is 5.75 Å². The van der Waals surface area contributed by atoms with Crippen LogP contribution < -0.4 is 4.74 Å². The highest BCUT2D eigenvalue weighted by Gasteiger charge is 2.32. The minimum Gasteiger partial charge on any atom is -0.466 e. The monoisotopic (exact) mass is 424 g/mol. The van der Waals surface area contributed by atoms with E-state index >= 15 is 0 Å². The number of carbonyl (C=O) groups excluding carboxylic acids is 1. The molecule has 9 heteroatoms. The smallest absolute Gasteiger partial charge is 0.416 e. The van der Waals surface area contributed by atoms with Crippen LogP contribution in [0.4, 0.5) is 13.2 Å². The number of methoxy groups -OCH3 is 1. The molecular weight excluding hydrogens is 416 g/mol. The van der Waals surface area contributed by atoms with Crippen molar-refractivity contribution in [3.8, 4) is 11.5 Å². The number of hydrogen-bond donors (Lipinski definition) is 0. The SMILES string of the molecule is COC(=O)C=Cc1cc(Oc2c(Cl)cc(C(F)(F)F)cc2Cl)ccc1Cl. The first kappa shape index (κ1) is 20.4. The molecule has 0 spiro atoms. The average molecular weight is 426 g/mol. The van der Waals surface area contributed by atoms with Crippen molar-refractivity contribution in [3.63, 3.8) is 0 Å². The number of carbonyl (C=O) groups is 1. The summed E-state index contributed by atoms with van der Waals surface area (Å²) in [6.45, 7) is 0. The van der Waals surface area contributed by atoms with E-state index in [1.165, 1.54) is 31.4 Å². The number of ether oxygens (including phenoxy) is 2. The molecule has 0 N–H and O–H groups in total. The van der Waals surface area contributed by atoms with E-state index in [4.69, 9.17) is 39.5 Å². The Balaban J connectivity index is 2.34. The third kappa shape index (κ3) is 5.06. The van der Waals surface area contributed by atoms with E-state index in [9.17, 15) is 18.0 Å². The summed E-state index contributed by atoms with van der Waals surface area (Å²) < 4.78 is 48.3. The lowest BCUT2D eigenvalue weighted by atomic mass is 10.2. The lowest BCUT2D eigenvalue weighted by Crippen LogP contribution is -2.05. The minimum atomic E-state index is -4.59. The molecule has 0 bridgehead atoms. The van der Waals surface area contributed by atoms with E-state index in [1.54, 1.807) is 0 Å². The Labute approximate surface area is 161 Å². The summed E-state index contributed by atoms with van der Waals surface area (Å²) in [6, 6.07) is 5.86. The van der Waals surface area contributed by atoms with Crippen LogP contribution in [0.2, 0.25) is 15.1 Å². The normalized spacial score (nSPS) is 11.7. The lowest BCUT2D eigenvalue weighted by Gasteiger charge is -2.13. The third-order valence-corrected chi connectivity index (χ3v) is 4.02. The zero-order valence-electron chi connectivity index (χ0n) is 13.0. The van der Waals surface area contributed by atoms with Gasteiger partial charge in [-0.05, 0) is 42.0 Å². The standard InChI is InChI=1S/C17H10Cl3F3O3/c1-25-15(24)5-2-9-6-11(3-4-12(9)18)26-16-13(19)7-10(8-14(16)20)17(21,22)23/h2-8H,1H3. The molecule has 0 saturated heterocycles. The van der Waals surface area contributed by atoms with Crippen LogP contribution in [-0.2, 0) is 15.7 Å². The molecule has 3 nitrogen and oxygen atoms in total. The Hall–Kier alpha value is -1.89. The van der Waals surface area contributed by atoms with Crippen LogP contribution >= 0.6 is 34.8 Å². The van der Waals surface area contributed by atoms with E-state index in [-0.39, 0.29) is 21.5 Å². The quantitative estimate of drug-likeness (QED) is 0.407. The molecule has 0 aliphatic heterocycles. The molecule has 0 heterocycles. The summed E-state index contributed by atoms with van der Waals surface area (Å²) in [4.78, 5) is 11.2. The van der Waals surface area contributed by atoms with E-state index < -0.39 is 17.7 Å². The summed E-state index contributed by atoms with van der Waals surface area (Å²) in [5.74, 6) is -0.504. The van der Waals surface area contributed by atoms with E-state index in [0.717, 1.165) is 18.2 Å². The van der Waals surface area contributed by atoms with E-state index in [0.29, 0.717) is 10.6 Å². The molecule has 0 atom stereocenters. The lowest BCUT2D eigenvalue weighted by molar-refractivity contribution is -0.137. The number of alkyl halides is 3. The van der Waals surface area contributed by atoms with Crippen molar-refractivity contribution in [2.24, 2.45) is 0 Å². The highest BCUT2D eigenvalue weighted by atomic mass is 35.5. The summed E-state index contributed by atoms with van der Waals surface area (Å²) in [5.41, 5.74) is -0.564. The maximum Gasteiger partial charge on any atom is 0.416 e. The van der Waals surface area contributed by atoms with Gasteiger partial charge in [0.05, 0.1) is 22.7 Å². The summed E-state index contributed by atoms with van der Waals surface area (Å²) in [5, 5.41) is -0.278. The average Bonchev–Trinajstić information content (AvgIpc) is 2.56. The fourth-order valence-electron chi connectivity index (χ4n) is 1.88. The fourth-order valence-corrected chi connectivity index (χ4v) is 2.62. The Kier molecular flexibility index (Phi) is 6.44. The second-order valence-electron chi connectivity index (χ2n) is 4.91. The fraction of sp³-hybridized carbons (Fsp3) is 0.118. The maximum absolute atomic E-state index is 12.8. The van der Waals surface area contributed by atoms with Crippen molar-refractivity contribution in [1.82, 2.24) is 0 Å². The first-order valence-corrected chi connectivity index (χ1v) is 8.05. The van der Waals surface area contributed by atoms with E-state index in [1.807, 2.05) is 0 Å². The molecular formula is C17H10Cl3F3O3. The van der Waals surface area contributed by atoms with Gasteiger partial charge >= 0.3 is 12.1 Å². The summed E-state index contributed by atoms with van der Waals surface area (Å²) in [6.07, 6.45) is -2.03. The van der Waals surface area contributed by atoms with Crippen molar-refractivity contribution < 1.29 is 27.4 Å². The molecule has 2 aromatic rings. The van der Waals surface area contributed by atoms with Gasteiger partial charge in [-0.25, -0.2) is 4.79 Å². The van der Waals surface area contributed by atoms with Crippen molar-refractivity contribution in [1.29, 1.82) is 0 Å². The number of benzene rings is 2. The summed E-state index contributed by atoms with van der Waals surface area (Å²) in [7, 11) is 1.22. The molecule has 0 amide bonds. The molecule has 0 radical (unpaired) electrons. The number of esters is 1. The van der Waals surface area contributed by atoms with Gasteiger partial charge in [-0.2, -0.15) is 13.2 Å². The maximum atomic E-state index is 12.8. The third-order valence-electron chi connectivity index (χ3n) is 3.11. The van der Waals surface area contributed by atoms with Gasteiger partial charge < -0.3 is 9.47 Å². The second kappa shape index (κ2) is 8.20. The molecule has 0 saturated carbocycles. The first-order valence-electron chi connectivity index (χ1n) is 6.91. The zero-order chi connectivity index (χ0) is 19.5. The van der Waals surface area contributed by atoms with Crippen LogP contribution in [0, 0.1) is 0 Å². The molecule has 2 aromatic carbocycles. The zero-order valence-corrected chi connectivity index (χ0v) is 15.3. The molecule has 0 fully saturated rings. The minimum absolute atomic E-state index is 0.133. The van der Waals surface area contributed by atoms with Crippen LogP contribution in [0.5, 0.6) is 11.5 Å². The van der Waals surface area contributed by atoms with Gasteiger partial charge in [0.1, 0.15) is 5.75 Å². The Morgan fingerprint density at radius 2 is 1.65 bits per heavy atom. The predicted octanol–water partition coefficient (Wildman–Crippen LogP) is 6.64. The van der Waals surface area contributed by atoms with Crippen molar-refractivity contribution >= 4 is 46.8 Å². The van der Waals surface area contributed by atoms with Gasteiger partial charge in [-0.1, -0.05) is 34.8 Å². The molecule has 2 rings (SSSR count). The van der Waals surface area contributed by atoms with Gasteiger partial charge in [-0.3, -0.25) is 0 Å². The van der Waals surface area contributed by atoms with Crippen LogP contribution in [0.25, 0.3) is 6.08 Å². The topological polar surface area (TPSA) is 35.5 Å². The number of hydrogen-bond acceptors (Lipinski definition) is 3. The van der Waals surface area contributed by atoms with Gasteiger partial charge in [0.2, 0.25) is 0 Å². The number of halogens is 6. The molecule has 26 heavy (non-hydrogen) atoms. The van der Waals surface area contributed by atoms with Gasteiger partial charge in [0.25, 0.3) is 0 Å². The van der Waals surface area contributed by atoms with Crippen LogP contribution in [0.15, 0.2) is 36.4 Å². The highest BCUT2D eigenvalue weighted by Crippen LogP contribution is 2.42. The van der Waals surface area contributed by atoms with Crippen LogP contribution in [0.3, 0.4) is 0 Å². The second-order valence-corrected chi connectivity index (χ2v) is 6.13. The van der Waals surface area contributed by atoms with Crippen molar-refractivity contribution in [3.05, 3.63) is 62.6 Å². The Bertz CT molecular complexity index is 841.